The number of carbonyl (C=O) groups excluding carboxylic acids is 1. The third-order valence-corrected chi connectivity index (χ3v) is 0.390. The van der Waals surface area contributed by atoms with Crippen LogP contribution in [0.25, 0.3) is 0 Å². The Kier molecular flexibility index (Phi) is 2.13. The predicted octanol–water partition coefficient (Wildman–Crippen LogP) is 0.647. The molecular formula is C4H6O2. The molecule has 0 fully saturated rings. The summed E-state index contributed by atoms with van der Waals surface area (Å²) in [6.07, 6.45) is 1.35. The summed E-state index contributed by atoms with van der Waals surface area (Å²) in [5.74, 6) is 0. The summed E-state index contributed by atoms with van der Waals surface area (Å²) in [4.78, 5) is 9.51. The molecule has 2 heteroatoms. The standard InChI is InChI=1S/C4H6O2/c1-4(2-5)3-6/h2-3,5H,1H3/b4-2-. The largest absolute Gasteiger partial charge is 0.515 e. The first-order chi connectivity index (χ1) is 2.81. The maximum Gasteiger partial charge on any atom is 0.148 e. The topological polar surface area (TPSA) is 37.3 Å². The molecule has 0 saturated heterocycles. The third-order valence-electron chi connectivity index (χ3n) is 0.390. The minimum absolute atomic E-state index is 0.343. The number of aliphatic hydroxyl groups excluding tert-OH is 1. The van der Waals surface area contributed by atoms with E-state index in [9.17, 15) is 4.79 Å². The molecule has 0 aromatic carbocycles. The summed E-state index contributed by atoms with van der Waals surface area (Å²) in [6.45, 7) is 1.52. The average molecular weight is 86.1 g/mol. The Bertz CT molecular complexity index is 73.6. The van der Waals surface area contributed by atoms with Crippen molar-refractivity contribution in [1.29, 1.82) is 0 Å². The van der Waals surface area contributed by atoms with E-state index in [4.69, 9.17) is 5.11 Å². The van der Waals surface area contributed by atoms with Gasteiger partial charge in [0.05, 0.1) is 6.26 Å². The minimum atomic E-state index is 0.343. The maximum atomic E-state index is 9.51. The molecule has 34 valence electrons. The number of hydrogen-bond donors (Lipinski definition) is 1. The SMILES string of the molecule is C/C(C=O)=C/O. The second-order valence-electron chi connectivity index (χ2n) is 0.991. The molecule has 0 saturated carbocycles. The van der Waals surface area contributed by atoms with Gasteiger partial charge in [-0.25, -0.2) is 0 Å². The van der Waals surface area contributed by atoms with Gasteiger partial charge in [-0.05, 0) is 6.92 Å². The lowest BCUT2D eigenvalue weighted by Crippen LogP contribution is -1.71. The first kappa shape index (κ1) is 5.21. The molecule has 0 heterocycles. The van der Waals surface area contributed by atoms with E-state index in [0.717, 1.165) is 6.26 Å². The van der Waals surface area contributed by atoms with Gasteiger partial charge in [0.1, 0.15) is 6.29 Å². The van der Waals surface area contributed by atoms with Gasteiger partial charge in [0.2, 0.25) is 0 Å². The van der Waals surface area contributed by atoms with Gasteiger partial charge in [0.25, 0.3) is 0 Å². The average Bonchev–Trinajstić information content (AvgIpc) is 1.65. The van der Waals surface area contributed by atoms with Crippen molar-refractivity contribution in [3.8, 4) is 0 Å². The van der Waals surface area contributed by atoms with Crippen LogP contribution in [0.1, 0.15) is 6.92 Å². The van der Waals surface area contributed by atoms with E-state index in [1.165, 1.54) is 6.92 Å². The highest BCUT2D eigenvalue weighted by molar-refractivity contribution is 5.71. The van der Waals surface area contributed by atoms with Gasteiger partial charge in [-0.15, -0.1) is 0 Å². The zero-order valence-electron chi connectivity index (χ0n) is 3.51. The quantitative estimate of drug-likeness (QED) is 0.289. The highest BCUT2D eigenvalue weighted by atomic mass is 16.2. The molecule has 0 bridgehead atoms. The summed E-state index contributed by atoms with van der Waals surface area (Å²) < 4.78 is 0. The number of rotatable bonds is 1. The fourth-order valence-corrected chi connectivity index (χ4v) is 0.0304. The number of hydrogen-bond acceptors (Lipinski definition) is 2. The van der Waals surface area contributed by atoms with Gasteiger partial charge in [-0.1, -0.05) is 0 Å². The van der Waals surface area contributed by atoms with Gasteiger partial charge >= 0.3 is 0 Å². The van der Waals surface area contributed by atoms with Crippen molar-refractivity contribution < 1.29 is 9.90 Å². The molecule has 0 amide bonds. The molecule has 0 aromatic heterocycles. The maximum absolute atomic E-state index is 9.51. The Morgan fingerprint density at radius 2 is 2.33 bits per heavy atom. The number of aliphatic hydroxyl groups is 1. The lowest BCUT2D eigenvalue weighted by Gasteiger charge is -1.73. The van der Waals surface area contributed by atoms with Gasteiger partial charge in [0.15, 0.2) is 0 Å². The molecule has 0 aliphatic rings. The summed E-state index contributed by atoms with van der Waals surface area (Å²) in [5, 5.41) is 7.94. The summed E-state index contributed by atoms with van der Waals surface area (Å²) in [6, 6.07) is 0. The van der Waals surface area contributed by atoms with E-state index < -0.39 is 0 Å². The Balaban J connectivity index is 3.50. The molecule has 0 aliphatic heterocycles. The fraction of sp³-hybridized carbons (Fsp3) is 0.250. The Hall–Kier alpha value is -0.790. The molecule has 0 aromatic rings. The van der Waals surface area contributed by atoms with Crippen LogP contribution in [0.5, 0.6) is 0 Å². The second kappa shape index (κ2) is 2.45. The van der Waals surface area contributed by atoms with Crippen LogP contribution in [-0.4, -0.2) is 11.4 Å². The highest BCUT2D eigenvalue weighted by Crippen LogP contribution is 1.77. The van der Waals surface area contributed by atoms with Crippen molar-refractivity contribution in [2.45, 2.75) is 6.92 Å². The zero-order chi connectivity index (χ0) is 4.99. The lowest BCUT2D eigenvalue weighted by molar-refractivity contribution is -0.104. The monoisotopic (exact) mass is 86.0 g/mol. The van der Waals surface area contributed by atoms with Crippen LogP contribution in [0.4, 0.5) is 0 Å². The Morgan fingerprint density at radius 1 is 1.83 bits per heavy atom. The van der Waals surface area contributed by atoms with Crippen molar-refractivity contribution in [3.63, 3.8) is 0 Å². The van der Waals surface area contributed by atoms with Crippen LogP contribution < -0.4 is 0 Å². The molecule has 1 N–H and O–H groups in total. The van der Waals surface area contributed by atoms with Crippen LogP contribution in [0, 0.1) is 0 Å². The number of aldehydes is 1. The van der Waals surface area contributed by atoms with Crippen LogP contribution in [-0.2, 0) is 4.79 Å². The van der Waals surface area contributed by atoms with Gasteiger partial charge in [-0.3, -0.25) is 4.79 Å². The molecule has 0 radical (unpaired) electrons. The van der Waals surface area contributed by atoms with Crippen molar-refractivity contribution in [1.82, 2.24) is 0 Å². The summed E-state index contributed by atoms with van der Waals surface area (Å²) in [5.41, 5.74) is 0.343. The van der Waals surface area contributed by atoms with E-state index in [0.29, 0.717) is 11.9 Å². The highest BCUT2D eigenvalue weighted by Gasteiger charge is 1.74. The summed E-state index contributed by atoms with van der Waals surface area (Å²) in [7, 11) is 0. The predicted molar refractivity (Wildman–Crippen MR) is 22.4 cm³/mol. The van der Waals surface area contributed by atoms with Crippen molar-refractivity contribution in [2.75, 3.05) is 0 Å². The van der Waals surface area contributed by atoms with Crippen LogP contribution in [0.2, 0.25) is 0 Å². The molecule has 0 spiro atoms. The van der Waals surface area contributed by atoms with E-state index in [1.54, 1.807) is 0 Å². The molecular weight excluding hydrogens is 80.0 g/mol. The number of carbonyl (C=O) groups is 1. The molecule has 0 unspecified atom stereocenters. The van der Waals surface area contributed by atoms with Gasteiger partial charge in [-0.2, -0.15) is 0 Å². The van der Waals surface area contributed by atoms with Crippen molar-refractivity contribution in [3.05, 3.63) is 11.8 Å². The smallest absolute Gasteiger partial charge is 0.148 e. The molecule has 0 aliphatic carbocycles. The first-order valence-electron chi connectivity index (χ1n) is 1.57. The van der Waals surface area contributed by atoms with Gasteiger partial charge < -0.3 is 5.11 Å². The van der Waals surface area contributed by atoms with Crippen molar-refractivity contribution >= 4 is 6.29 Å². The van der Waals surface area contributed by atoms with E-state index in [1.807, 2.05) is 0 Å². The molecule has 2 nitrogen and oxygen atoms in total. The zero-order valence-corrected chi connectivity index (χ0v) is 3.51. The number of allylic oxidation sites excluding steroid dienone is 1. The van der Waals surface area contributed by atoms with E-state index in [-0.39, 0.29) is 0 Å². The van der Waals surface area contributed by atoms with E-state index in [2.05, 4.69) is 0 Å². The Labute approximate surface area is 36.1 Å². The minimum Gasteiger partial charge on any atom is -0.515 e. The summed E-state index contributed by atoms with van der Waals surface area (Å²) >= 11 is 0. The fourth-order valence-electron chi connectivity index (χ4n) is 0.0304. The Morgan fingerprint density at radius 3 is 2.33 bits per heavy atom. The van der Waals surface area contributed by atoms with Crippen molar-refractivity contribution in [2.24, 2.45) is 0 Å². The first-order valence-corrected chi connectivity index (χ1v) is 1.57. The third kappa shape index (κ3) is 1.52. The molecule has 0 rings (SSSR count). The van der Waals surface area contributed by atoms with E-state index >= 15 is 0 Å². The van der Waals surface area contributed by atoms with Crippen LogP contribution in [0.3, 0.4) is 0 Å². The van der Waals surface area contributed by atoms with Crippen LogP contribution in [0.15, 0.2) is 11.8 Å². The molecule has 6 heavy (non-hydrogen) atoms. The molecule has 0 atom stereocenters. The van der Waals surface area contributed by atoms with Gasteiger partial charge in [0, 0.05) is 5.57 Å². The normalized spacial score (nSPS) is 11.2. The van der Waals surface area contributed by atoms with Crippen LogP contribution >= 0.6 is 0 Å². The lowest BCUT2D eigenvalue weighted by atomic mass is 10.4. The second-order valence-corrected chi connectivity index (χ2v) is 0.991.